The van der Waals surface area contributed by atoms with E-state index in [0.29, 0.717) is 0 Å². The van der Waals surface area contributed by atoms with Crippen molar-refractivity contribution in [3.8, 4) is 5.75 Å². The van der Waals surface area contributed by atoms with Crippen molar-refractivity contribution in [2.24, 2.45) is 0 Å². The minimum Gasteiger partial charge on any atom is -0.506 e. The van der Waals surface area contributed by atoms with Gasteiger partial charge in [0, 0.05) is 0 Å². The number of nitrogens with one attached hydrogen (secondary N) is 1. The highest BCUT2D eigenvalue weighted by molar-refractivity contribution is 7.93. The lowest BCUT2D eigenvalue weighted by molar-refractivity contribution is -0.115. The summed E-state index contributed by atoms with van der Waals surface area (Å²) in [6.45, 7) is 1.32. The van der Waals surface area contributed by atoms with Crippen LogP contribution in [0.1, 0.15) is 6.92 Å². The Balaban J connectivity index is 2.78. The SMILES string of the molecule is CC1C(=O)Nc2c(O)cccc2S1(=O)=O. The zero-order chi connectivity index (χ0) is 11.2. The molecule has 5 nitrogen and oxygen atoms in total. The van der Waals surface area contributed by atoms with Gasteiger partial charge in [-0.25, -0.2) is 8.42 Å². The minimum atomic E-state index is -3.66. The zero-order valence-electron chi connectivity index (χ0n) is 7.89. The topological polar surface area (TPSA) is 83.5 Å². The van der Waals surface area contributed by atoms with Gasteiger partial charge in [-0.1, -0.05) is 6.07 Å². The van der Waals surface area contributed by atoms with Crippen LogP contribution in [0.2, 0.25) is 0 Å². The predicted octanol–water partition coefficient (Wildman–Crippen LogP) is 0.506. The van der Waals surface area contributed by atoms with Gasteiger partial charge in [-0.3, -0.25) is 4.79 Å². The Bertz CT molecular complexity index is 535. The van der Waals surface area contributed by atoms with Crippen LogP contribution in [0.25, 0.3) is 0 Å². The summed E-state index contributed by atoms with van der Waals surface area (Å²) in [5, 5.41) is 10.7. The van der Waals surface area contributed by atoms with E-state index in [0.717, 1.165) is 0 Å². The number of rotatable bonds is 0. The first-order chi connectivity index (χ1) is 6.94. The van der Waals surface area contributed by atoms with E-state index in [4.69, 9.17) is 0 Å². The maximum Gasteiger partial charge on any atom is 0.242 e. The number of phenolic OH excluding ortho intramolecular Hbond substituents is 1. The van der Waals surface area contributed by atoms with Crippen LogP contribution in [-0.2, 0) is 14.6 Å². The number of phenols is 1. The van der Waals surface area contributed by atoms with Gasteiger partial charge in [-0.05, 0) is 19.1 Å². The molecule has 80 valence electrons. The molecule has 1 amide bonds. The third-order valence-electron chi connectivity index (χ3n) is 2.39. The normalized spacial score (nSPS) is 23.0. The summed E-state index contributed by atoms with van der Waals surface area (Å²) in [6.07, 6.45) is 0. The molecule has 1 heterocycles. The second-order valence-electron chi connectivity index (χ2n) is 3.33. The van der Waals surface area contributed by atoms with E-state index >= 15 is 0 Å². The first-order valence-corrected chi connectivity index (χ1v) is 5.86. The van der Waals surface area contributed by atoms with Crippen LogP contribution in [-0.4, -0.2) is 24.7 Å². The average molecular weight is 227 g/mol. The first-order valence-electron chi connectivity index (χ1n) is 4.31. The smallest absolute Gasteiger partial charge is 0.242 e. The second kappa shape index (κ2) is 2.96. The first kappa shape index (κ1) is 9.97. The number of amides is 1. The number of benzene rings is 1. The lowest BCUT2D eigenvalue weighted by atomic mass is 10.2. The van der Waals surface area contributed by atoms with Crippen LogP contribution < -0.4 is 5.32 Å². The third-order valence-corrected chi connectivity index (χ3v) is 4.49. The van der Waals surface area contributed by atoms with Crippen molar-refractivity contribution in [2.45, 2.75) is 17.1 Å². The van der Waals surface area contributed by atoms with Gasteiger partial charge in [0.1, 0.15) is 16.7 Å². The van der Waals surface area contributed by atoms with E-state index in [1.54, 1.807) is 0 Å². The molecule has 0 bridgehead atoms. The maximum atomic E-state index is 11.8. The fraction of sp³-hybridized carbons (Fsp3) is 0.222. The largest absolute Gasteiger partial charge is 0.506 e. The molecule has 0 saturated carbocycles. The minimum absolute atomic E-state index is 0.0272. The summed E-state index contributed by atoms with van der Waals surface area (Å²) in [7, 11) is -3.66. The number of anilines is 1. The van der Waals surface area contributed by atoms with Gasteiger partial charge in [-0.2, -0.15) is 0 Å². The standard InChI is InChI=1S/C9H9NO4S/c1-5-9(12)10-8-6(11)3-2-4-7(8)15(5,13)14/h2-5,11H,1H3,(H,10,12). The summed E-state index contributed by atoms with van der Waals surface area (Å²) in [4.78, 5) is 11.3. The van der Waals surface area contributed by atoms with E-state index in [-0.39, 0.29) is 16.3 Å². The molecule has 1 aliphatic rings. The highest BCUT2D eigenvalue weighted by Crippen LogP contribution is 2.36. The Morgan fingerprint density at radius 3 is 2.73 bits per heavy atom. The molecule has 2 N–H and O–H groups in total. The fourth-order valence-electron chi connectivity index (χ4n) is 1.44. The predicted molar refractivity (Wildman–Crippen MR) is 53.4 cm³/mol. The lowest BCUT2D eigenvalue weighted by Crippen LogP contribution is -2.37. The van der Waals surface area contributed by atoms with Crippen LogP contribution >= 0.6 is 0 Å². The van der Waals surface area contributed by atoms with Crippen molar-refractivity contribution >= 4 is 21.4 Å². The van der Waals surface area contributed by atoms with Gasteiger partial charge in [-0.15, -0.1) is 0 Å². The number of hydrogen-bond acceptors (Lipinski definition) is 4. The van der Waals surface area contributed by atoms with Crippen LogP contribution in [0.15, 0.2) is 23.1 Å². The molecule has 0 saturated heterocycles. The molecule has 1 aromatic carbocycles. The molecule has 1 aliphatic heterocycles. The molecule has 0 aliphatic carbocycles. The van der Waals surface area contributed by atoms with Crippen molar-refractivity contribution in [3.05, 3.63) is 18.2 Å². The van der Waals surface area contributed by atoms with E-state index < -0.39 is 21.0 Å². The molecule has 6 heteroatoms. The van der Waals surface area contributed by atoms with E-state index in [1.807, 2.05) is 0 Å². The number of hydrogen-bond donors (Lipinski definition) is 2. The van der Waals surface area contributed by atoms with Gasteiger partial charge < -0.3 is 10.4 Å². The summed E-state index contributed by atoms with van der Waals surface area (Å²) in [5.74, 6) is -0.861. The number of sulfone groups is 1. The quantitative estimate of drug-likeness (QED) is 0.632. The Labute approximate surface area is 86.7 Å². The fourth-order valence-corrected chi connectivity index (χ4v) is 2.87. The maximum absolute atomic E-state index is 11.8. The summed E-state index contributed by atoms with van der Waals surface area (Å²) in [6, 6.07) is 4.11. The van der Waals surface area contributed by atoms with Gasteiger partial charge in [0.15, 0.2) is 9.84 Å². The summed E-state index contributed by atoms with van der Waals surface area (Å²) >= 11 is 0. The van der Waals surface area contributed by atoms with Crippen molar-refractivity contribution in [3.63, 3.8) is 0 Å². The molecule has 15 heavy (non-hydrogen) atoms. The molecule has 0 aromatic heterocycles. The molecule has 1 aromatic rings. The lowest BCUT2D eigenvalue weighted by Gasteiger charge is -2.22. The number of carbonyl (C=O) groups excluding carboxylic acids is 1. The van der Waals surface area contributed by atoms with E-state index in [2.05, 4.69) is 5.32 Å². The number of fused-ring (bicyclic) bond motifs is 1. The van der Waals surface area contributed by atoms with Gasteiger partial charge in [0.25, 0.3) is 0 Å². The summed E-state index contributed by atoms with van der Waals surface area (Å²) < 4.78 is 23.6. The molecule has 0 spiro atoms. The van der Waals surface area contributed by atoms with Crippen LogP contribution in [0.5, 0.6) is 5.75 Å². The van der Waals surface area contributed by atoms with Crippen molar-refractivity contribution in [2.75, 3.05) is 5.32 Å². The monoisotopic (exact) mass is 227 g/mol. The third kappa shape index (κ3) is 1.29. The van der Waals surface area contributed by atoms with Gasteiger partial charge >= 0.3 is 0 Å². The average Bonchev–Trinajstić information content (AvgIpc) is 2.17. The molecule has 0 fully saturated rings. The molecular formula is C9H9NO4S. The zero-order valence-corrected chi connectivity index (χ0v) is 8.71. The Morgan fingerprint density at radius 2 is 2.07 bits per heavy atom. The van der Waals surface area contributed by atoms with Crippen molar-refractivity contribution in [1.29, 1.82) is 0 Å². The van der Waals surface area contributed by atoms with E-state index in [1.165, 1.54) is 25.1 Å². The molecule has 2 rings (SSSR count). The van der Waals surface area contributed by atoms with Crippen LogP contribution in [0.3, 0.4) is 0 Å². The highest BCUT2D eigenvalue weighted by Gasteiger charge is 2.37. The van der Waals surface area contributed by atoms with Crippen molar-refractivity contribution in [1.82, 2.24) is 0 Å². The Kier molecular flexibility index (Phi) is 1.97. The number of aromatic hydroxyl groups is 1. The number of para-hydroxylation sites is 1. The molecule has 0 radical (unpaired) electrons. The molecule has 1 atom stereocenters. The summed E-state index contributed by atoms with van der Waals surface area (Å²) in [5.41, 5.74) is -0.0272. The van der Waals surface area contributed by atoms with Gasteiger partial charge in [0.05, 0.1) is 4.90 Å². The van der Waals surface area contributed by atoms with Gasteiger partial charge in [0.2, 0.25) is 5.91 Å². The number of carbonyl (C=O) groups is 1. The van der Waals surface area contributed by atoms with Crippen molar-refractivity contribution < 1.29 is 18.3 Å². The second-order valence-corrected chi connectivity index (χ2v) is 5.56. The van der Waals surface area contributed by atoms with E-state index in [9.17, 15) is 18.3 Å². The molecular weight excluding hydrogens is 218 g/mol. The Morgan fingerprint density at radius 1 is 1.40 bits per heavy atom. The highest BCUT2D eigenvalue weighted by atomic mass is 32.2. The Hall–Kier alpha value is -1.56. The molecule has 1 unspecified atom stereocenters. The van der Waals surface area contributed by atoms with Crippen LogP contribution in [0.4, 0.5) is 5.69 Å². The van der Waals surface area contributed by atoms with Crippen LogP contribution in [0, 0.1) is 0 Å².